The van der Waals surface area contributed by atoms with Crippen LogP contribution >= 0.6 is 11.6 Å². The van der Waals surface area contributed by atoms with Crippen LogP contribution in [0.4, 0.5) is 13.2 Å². The molecule has 0 unspecified atom stereocenters. The molecule has 0 aliphatic heterocycles. The Morgan fingerprint density at radius 1 is 1.22 bits per heavy atom. The number of amides is 1. The molecule has 11 heteroatoms. The van der Waals surface area contributed by atoms with E-state index in [1.807, 2.05) is 0 Å². The van der Waals surface area contributed by atoms with Gasteiger partial charge in [0.15, 0.2) is 0 Å². The quantitative estimate of drug-likeness (QED) is 0.769. The van der Waals surface area contributed by atoms with Crippen LogP contribution in [0.25, 0.3) is 5.57 Å². The Hall–Kier alpha value is -2.33. The topological polar surface area (TPSA) is 81.1 Å². The van der Waals surface area contributed by atoms with E-state index in [9.17, 15) is 26.4 Å². The molecule has 2 aromatic rings. The van der Waals surface area contributed by atoms with Gasteiger partial charge in [0, 0.05) is 18.1 Å². The van der Waals surface area contributed by atoms with E-state index in [0.717, 1.165) is 12.1 Å². The van der Waals surface area contributed by atoms with Crippen LogP contribution in [0.5, 0.6) is 0 Å². The van der Waals surface area contributed by atoms with E-state index in [0.29, 0.717) is 0 Å². The third-order valence-electron chi connectivity index (χ3n) is 3.68. The normalized spacial score (nSPS) is 12.9. The molecular formula is C16H15ClF3N3O3S. The molecule has 0 bridgehead atoms. The van der Waals surface area contributed by atoms with Gasteiger partial charge < -0.3 is 0 Å². The number of allylic oxidation sites excluding steroid dienone is 1. The number of hydrogen-bond donors (Lipinski definition) is 1. The van der Waals surface area contributed by atoms with Crippen molar-refractivity contribution in [1.82, 2.24) is 14.5 Å². The molecule has 0 aliphatic carbocycles. The maximum atomic E-state index is 13.3. The highest BCUT2D eigenvalue weighted by Crippen LogP contribution is 2.34. The second-order valence-electron chi connectivity index (χ2n) is 5.66. The first-order valence-corrected chi connectivity index (χ1v) is 9.31. The fraction of sp³-hybridized carbons (Fsp3) is 0.250. The predicted octanol–water partition coefficient (Wildman–Crippen LogP) is 3.14. The second kappa shape index (κ2) is 7.35. The molecule has 1 heterocycles. The first-order chi connectivity index (χ1) is 12.3. The molecule has 0 spiro atoms. The fourth-order valence-electron chi connectivity index (χ4n) is 2.45. The van der Waals surface area contributed by atoms with E-state index in [1.54, 1.807) is 4.72 Å². The largest absolute Gasteiger partial charge is 0.417 e. The molecule has 1 amide bonds. The summed E-state index contributed by atoms with van der Waals surface area (Å²) in [5, 5.41) is 4.14. The zero-order valence-corrected chi connectivity index (χ0v) is 16.0. The molecular weight excluding hydrogens is 407 g/mol. The number of hydrogen-bond acceptors (Lipinski definition) is 4. The minimum Gasteiger partial charge on any atom is -0.271 e. The number of aromatic nitrogens is 2. The van der Waals surface area contributed by atoms with E-state index < -0.39 is 27.7 Å². The number of aryl methyl sites for hydroxylation is 2. The molecule has 6 nitrogen and oxygen atoms in total. The summed E-state index contributed by atoms with van der Waals surface area (Å²) in [6, 6.07) is 4.62. The van der Waals surface area contributed by atoms with Gasteiger partial charge >= 0.3 is 6.18 Å². The van der Waals surface area contributed by atoms with E-state index in [-0.39, 0.29) is 32.9 Å². The first-order valence-electron chi connectivity index (χ1n) is 7.44. The van der Waals surface area contributed by atoms with Crippen LogP contribution in [0.15, 0.2) is 35.2 Å². The number of carbonyl (C=O) groups is 1. The van der Waals surface area contributed by atoms with Gasteiger partial charge in [0.2, 0.25) is 0 Å². The summed E-state index contributed by atoms with van der Waals surface area (Å²) in [6.45, 7) is 2.88. The molecule has 1 aromatic carbocycles. The Morgan fingerprint density at radius 2 is 1.78 bits per heavy atom. The van der Waals surface area contributed by atoms with Gasteiger partial charge in [0.25, 0.3) is 15.9 Å². The average molecular weight is 422 g/mol. The van der Waals surface area contributed by atoms with E-state index in [2.05, 4.69) is 5.10 Å². The van der Waals surface area contributed by atoms with E-state index >= 15 is 0 Å². The molecule has 1 N–H and O–H groups in total. The highest BCUT2D eigenvalue weighted by molar-refractivity contribution is 7.90. The molecule has 2 rings (SSSR count). The minimum atomic E-state index is -4.88. The van der Waals surface area contributed by atoms with Crippen molar-refractivity contribution >= 4 is 33.1 Å². The fourth-order valence-corrected chi connectivity index (χ4v) is 3.95. The summed E-state index contributed by atoms with van der Waals surface area (Å²) in [5.41, 5.74) is -1.27. The Labute approximate surface area is 158 Å². The summed E-state index contributed by atoms with van der Waals surface area (Å²) in [5.74, 6) is -1.43. The highest BCUT2D eigenvalue weighted by Gasteiger charge is 2.36. The van der Waals surface area contributed by atoms with Gasteiger partial charge in [0.1, 0.15) is 4.90 Å². The molecule has 1 aromatic heterocycles. The van der Waals surface area contributed by atoms with E-state index in [4.69, 9.17) is 11.6 Å². The van der Waals surface area contributed by atoms with Crippen LogP contribution in [0.1, 0.15) is 17.0 Å². The van der Waals surface area contributed by atoms with Crippen LogP contribution in [-0.4, -0.2) is 30.3 Å². The minimum absolute atomic E-state index is 0.119. The molecule has 0 aliphatic rings. The number of sulfonamides is 1. The van der Waals surface area contributed by atoms with Crippen molar-refractivity contribution < 1.29 is 26.4 Å². The summed E-state index contributed by atoms with van der Waals surface area (Å²) >= 11 is 5.66. The van der Waals surface area contributed by atoms with Gasteiger partial charge in [-0.25, -0.2) is 13.1 Å². The van der Waals surface area contributed by atoms with Crippen LogP contribution in [0, 0.1) is 13.8 Å². The summed E-state index contributed by atoms with van der Waals surface area (Å²) < 4.78 is 67.6. The molecule has 0 saturated heterocycles. The lowest BCUT2D eigenvalue weighted by molar-refractivity contribution is -0.115. The molecule has 0 atom stereocenters. The molecule has 0 radical (unpaired) electrons. The van der Waals surface area contributed by atoms with Gasteiger partial charge in [-0.2, -0.15) is 18.3 Å². The standard InChI is InChI=1S/C16H15ClF3N3O3S/c1-9-15(10(2)23(3)21-9)27(25,26)22-14(24)8-13(16(18,19)20)11-4-6-12(17)7-5-11/h4-8H,1-3H3,(H,22,24)/b13-8-. The van der Waals surface area contributed by atoms with Crippen LogP contribution < -0.4 is 4.72 Å². The SMILES string of the molecule is Cc1nn(C)c(C)c1S(=O)(=O)NC(=O)/C=C(/c1ccc(Cl)cc1)C(F)(F)F. The maximum absolute atomic E-state index is 13.3. The van der Waals surface area contributed by atoms with Crippen LogP contribution in [-0.2, 0) is 21.9 Å². The smallest absolute Gasteiger partial charge is 0.271 e. The zero-order valence-electron chi connectivity index (χ0n) is 14.4. The van der Waals surface area contributed by atoms with Crippen molar-refractivity contribution in [2.24, 2.45) is 7.05 Å². The Kier molecular flexibility index (Phi) is 5.71. The monoisotopic (exact) mass is 421 g/mol. The number of halogens is 4. The number of alkyl halides is 3. The van der Waals surface area contributed by atoms with Crippen molar-refractivity contribution in [3.8, 4) is 0 Å². The van der Waals surface area contributed by atoms with Crippen molar-refractivity contribution in [3.05, 3.63) is 52.3 Å². The summed E-state index contributed by atoms with van der Waals surface area (Å²) in [6.07, 6.45) is -4.68. The second-order valence-corrected chi connectivity index (χ2v) is 7.71. The Bertz CT molecular complexity index is 1010. The first kappa shape index (κ1) is 21.0. The predicted molar refractivity (Wildman–Crippen MR) is 93.5 cm³/mol. The van der Waals surface area contributed by atoms with Gasteiger partial charge in [-0.15, -0.1) is 0 Å². The average Bonchev–Trinajstić information content (AvgIpc) is 2.77. The molecule has 0 saturated carbocycles. The lowest BCUT2D eigenvalue weighted by atomic mass is 10.1. The lowest BCUT2D eigenvalue weighted by Crippen LogP contribution is -2.30. The number of benzene rings is 1. The maximum Gasteiger partial charge on any atom is 0.417 e. The lowest BCUT2D eigenvalue weighted by Gasteiger charge is -2.12. The van der Waals surface area contributed by atoms with Gasteiger partial charge in [-0.3, -0.25) is 9.48 Å². The zero-order chi connectivity index (χ0) is 20.6. The van der Waals surface area contributed by atoms with Gasteiger partial charge in [-0.05, 0) is 31.5 Å². The van der Waals surface area contributed by atoms with Gasteiger partial charge in [-0.1, -0.05) is 23.7 Å². The van der Waals surface area contributed by atoms with Crippen LogP contribution in [0.3, 0.4) is 0 Å². The van der Waals surface area contributed by atoms with Crippen molar-refractivity contribution in [1.29, 1.82) is 0 Å². The van der Waals surface area contributed by atoms with Crippen molar-refractivity contribution in [3.63, 3.8) is 0 Å². The molecule has 27 heavy (non-hydrogen) atoms. The summed E-state index contributed by atoms with van der Waals surface area (Å²) in [7, 11) is -2.89. The molecule has 146 valence electrons. The molecule has 0 fully saturated rings. The Balaban J connectivity index is 2.41. The number of nitrogens with one attached hydrogen (secondary N) is 1. The highest BCUT2D eigenvalue weighted by atomic mass is 35.5. The number of nitrogens with zero attached hydrogens (tertiary/aromatic N) is 2. The third-order valence-corrected chi connectivity index (χ3v) is 5.53. The third kappa shape index (κ3) is 4.69. The van der Waals surface area contributed by atoms with Crippen LogP contribution in [0.2, 0.25) is 5.02 Å². The number of carbonyl (C=O) groups excluding carboxylic acids is 1. The summed E-state index contributed by atoms with van der Waals surface area (Å²) in [4.78, 5) is 11.8. The Morgan fingerprint density at radius 3 is 2.22 bits per heavy atom. The van der Waals surface area contributed by atoms with Crippen molar-refractivity contribution in [2.75, 3.05) is 0 Å². The number of rotatable bonds is 4. The van der Waals surface area contributed by atoms with Crippen molar-refractivity contribution in [2.45, 2.75) is 24.9 Å². The van der Waals surface area contributed by atoms with E-state index in [1.165, 1.54) is 37.7 Å². The van der Waals surface area contributed by atoms with Gasteiger partial charge in [0.05, 0.1) is 17.0 Å².